The van der Waals surface area contributed by atoms with E-state index in [-0.39, 0.29) is 15.5 Å². The summed E-state index contributed by atoms with van der Waals surface area (Å²) in [5, 5.41) is 0.500. The molecule has 0 spiro atoms. The minimum Gasteiger partial charge on any atom is -0.456 e. The van der Waals surface area contributed by atoms with Crippen LogP contribution in [0.1, 0.15) is 10.4 Å². The Balaban J connectivity index is 1.86. The van der Waals surface area contributed by atoms with E-state index in [1.54, 1.807) is 18.2 Å². The molecule has 0 aromatic heterocycles. The summed E-state index contributed by atoms with van der Waals surface area (Å²) in [6.45, 7) is -1.13. The first kappa shape index (κ1) is 19.4. The highest BCUT2D eigenvalue weighted by Gasteiger charge is 2.16. The van der Waals surface area contributed by atoms with E-state index in [1.165, 1.54) is 30.3 Å². The number of hydrogen-bond acceptors (Lipinski definition) is 5. The number of hydrogen-bond donors (Lipinski definition) is 1. The summed E-state index contributed by atoms with van der Waals surface area (Å²) >= 11 is 11.6. The van der Waals surface area contributed by atoms with Crippen molar-refractivity contribution in [3.05, 3.63) is 64.1 Å². The third kappa shape index (κ3) is 5.54. The van der Waals surface area contributed by atoms with Crippen molar-refractivity contribution in [3.63, 3.8) is 0 Å². The van der Waals surface area contributed by atoms with Crippen molar-refractivity contribution in [1.82, 2.24) is 4.72 Å². The Labute approximate surface area is 154 Å². The van der Waals surface area contributed by atoms with Gasteiger partial charge in [0.2, 0.25) is 10.0 Å². The summed E-state index contributed by atoms with van der Waals surface area (Å²) in [5.41, 5.74) is 0.229. The van der Waals surface area contributed by atoms with Gasteiger partial charge in [-0.25, -0.2) is 8.42 Å². The lowest BCUT2D eigenvalue weighted by molar-refractivity contribution is -0.141. The minimum atomic E-state index is -3.82. The molecule has 0 atom stereocenters. The maximum Gasteiger partial charge on any atom is 0.321 e. The first-order chi connectivity index (χ1) is 11.8. The molecule has 25 heavy (non-hydrogen) atoms. The van der Waals surface area contributed by atoms with Gasteiger partial charge >= 0.3 is 5.97 Å². The van der Waals surface area contributed by atoms with Crippen molar-refractivity contribution in [2.75, 3.05) is 13.2 Å². The molecule has 1 N–H and O–H groups in total. The molecule has 0 bridgehead atoms. The van der Waals surface area contributed by atoms with Crippen molar-refractivity contribution >= 4 is 45.0 Å². The van der Waals surface area contributed by atoms with Crippen molar-refractivity contribution in [3.8, 4) is 0 Å². The van der Waals surface area contributed by atoms with Gasteiger partial charge < -0.3 is 4.74 Å². The van der Waals surface area contributed by atoms with Gasteiger partial charge in [0.05, 0.1) is 14.9 Å². The molecule has 0 saturated heterocycles. The lowest BCUT2D eigenvalue weighted by Crippen LogP contribution is -2.31. The van der Waals surface area contributed by atoms with E-state index in [9.17, 15) is 18.0 Å². The van der Waals surface area contributed by atoms with Crippen LogP contribution in [0.3, 0.4) is 0 Å². The zero-order valence-electron chi connectivity index (χ0n) is 12.7. The van der Waals surface area contributed by atoms with Crippen molar-refractivity contribution in [2.24, 2.45) is 0 Å². The smallest absolute Gasteiger partial charge is 0.321 e. The number of rotatable bonds is 7. The zero-order valence-corrected chi connectivity index (χ0v) is 15.1. The number of ketones is 1. The number of ether oxygens (including phenoxy) is 1. The molecule has 0 radical (unpaired) electrons. The molecule has 0 aliphatic rings. The van der Waals surface area contributed by atoms with Crippen molar-refractivity contribution in [2.45, 2.75) is 4.90 Å². The van der Waals surface area contributed by atoms with E-state index in [4.69, 9.17) is 27.9 Å². The van der Waals surface area contributed by atoms with Gasteiger partial charge in [-0.2, -0.15) is 4.72 Å². The highest BCUT2D eigenvalue weighted by Crippen LogP contribution is 2.22. The fraction of sp³-hybridized carbons (Fsp3) is 0.125. The Hall–Kier alpha value is -1.93. The standard InChI is InChI=1S/C16H13Cl2NO5S/c17-13-7-6-11(8-14(13)18)15(20)10-24-16(21)9-19-25(22,23)12-4-2-1-3-5-12/h1-8,19H,9-10H2. The van der Waals surface area contributed by atoms with Gasteiger partial charge in [0.15, 0.2) is 12.4 Å². The molecule has 0 unspecified atom stereocenters. The summed E-state index contributed by atoms with van der Waals surface area (Å²) in [5.74, 6) is -1.37. The van der Waals surface area contributed by atoms with E-state index in [2.05, 4.69) is 4.72 Å². The molecule has 6 nitrogen and oxygen atoms in total. The fourth-order valence-electron chi connectivity index (χ4n) is 1.79. The van der Waals surface area contributed by atoms with Gasteiger partial charge in [-0.15, -0.1) is 0 Å². The van der Waals surface area contributed by atoms with E-state index in [1.807, 2.05) is 0 Å². The first-order valence-electron chi connectivity index (χ1n) is 6.98. The average molecular weight is 402 g/mol. The van der Waals surface area contributed by atoms with Gasteiger partial charge in [0, 0.05) is 5.56 Å². The Morgan fingerprint density at radius 1 is 1.00 bits per heavy atom. The van der Waals surface area contributed by atoms with Crippen LogP contribution in [-0.4, -0.2) is 33.3 Å². The monoisotopic (exact) mass is 401 g/mol. The molecular weight excluding hydrogens is 389 g/mol. The Morgan fingerprint density at radius 2 is 1.68 bits per heavy atom. The van der Waals surface area contributed by atoms with Crippen LogP contribution < -0.4 is 4.72 Å². The number of halogens is 2. The molecule has 0 amide bonds. The van der Waals surface area contributed by atoms with Crippen LogP contribution in [0.25, 0.3) is 0 Å². The maximum absolute atomic E-state index is 12.0. The van der Waals surface area contributed by atoms with Crippen LogP contribution in [0.5, 0.6) is 0 Å². The maximum atomic E-state index is 12.0. The lowest BCUT2D eigenvalue weighted by Gasteiger charge is -2.07. The number of sulfonamides is 1. The summed E-state index contributed by atoms with van der Waals surface area (Å²) in [6, 6.07) is 11.8. The van der Waals surface area contributed by atoms with Crippen LogP contribution >= 0.6 is 23.2 Å². The van der Waals surface area contributed by atoms with Crippen LogP contribution in [0, 0.1) is 0 Å². The number of esters is 1. The van der Waals surface area contributed by atoms with E-state index in [0.717, 1.165) is 0 Å². The SMILES string of the molecule is O=C(CNS(=O)(=O)c1ccccc1)OCC(=O)c1ccc(Cl)c(Cl)c1. The third-order valence-electron chi connectivity index (χ3n) is 3.07. The Kier molecular flexibility index (Phi) is 6.55. The second kappa shape index (κ2) is 8.44. The van der Waals surface area contributed by atoms with Crippen molar-refractivity contribution in [1.29, 1.82) is 0 Å². The minimum absolute atomic E-state index is 0.0229. The number of carbonyl (C=O) groups is 2. The average Bonchev–Trinajstić information content (AvgIpc) is 2.61. The zero-order chi connectivity index (χ0) is 18.4. The molecule has 0 aliphatic carbocycles. The van der Waals surface area contributed by atoms with Gasteiger partial charge in [0.25, 0.3) is 0 Å². The molecule has 0 fully saturated rings. The molecular formula is C16H13Cl2NO5S. The largest absolute Gasteiger partial charge is 0.456 e. The Morgan fingerprint density at radius 3 is 2.32 bits per heavy atom. The van der Waals surface area contributed by atoms with Crippen molar-refractivity contribution < 1.29 is 22.7 Å². The molecule has 0 saturated carbocycles. The Bertz CT molecular complexity index is 885. The van der Waals surface area contributed by atoms with Crippen LogP contribution in [0.15, 0.2) is 53.4 Å². The number of nitrogens with one attached hydrogen (secondary N) is 1. The summed E-state index contributed by atoms with van der Waals surface area (Å²) in [4.78, 5) is 23.6. The van der Waals surface area contributed by atoms with E-state index in [0.29, 0.717) is 5.02 Å². The van der Waals surface area contributed by atoms with E-state index < -0.39 is 34.9 Å². The summed E-state index contributed by atoms with van der Waals surface area (Å²) in [6.07, 6.45) is 0. The molecule has 2 aromatic rings. The predicted octanol–water partition coefficient (Wildman–Crippen LogP) is 2.70. The topological polar surface area (TPSA) is 89.5 Å². The molecule has 0 heterocycles. The van der Waals surface area contributed by atoms with Gasteiger partial charge in [-0.3, -0.25) is 9.59 Å². The quantitative estimate of drug-likeness (QED) is 0.568. The number of carbonyl (C=O) groups excluding carboxylic acids is 2. The third-order valence-corrected chi connectivity index (χ3v) is 5.22. The number of benzene rings is 2. The lowest BCUT2D eigenvalue weighted by atomic mass is 10.1. The summed E-state index contributed by atoms with van der Waals surface area (Å²) < 4.78 is 30.8. The van der Waals surface area contributed by atoms with Crippen LogP contribution in [0.4, 0.5) is 0 Å². The predicted molar refractivity (Wildman–Crippen MR) is 93.4 cm³/mol. The molecule has 132 valence electrons. The second-order valence-electron chi connectivity index (χ2n) is 4.85. The van der Waals surface area contributed by atoms with E-state index >= 15 is 0 Å². The first-order valence-corrected chi connectivity index (χ1v) is 9.22. The normalized spacial score (nSPS) is 11.1. The highest BCUT2D eigenvalue weighted by atomic mass is 35.5. The van der Waals surface area contributed by atoms with Gasteiger partial charge in [-0.05, 0) is 30.3 Å². The fourth-order valence-corrected chi connectivity index (χ4v) is 3.07. The van der Waals surface area contributed by atoms with Gasteiger partial charge in [0.1, 0.15) is 6.54 Å². The van der Waals surface area contributed by atoms with Crippen LogP contribution in [0.2, 0.25) is 10.0 Å². The molecule has 9 heteroatoms. The second-order valence-corrected chi connectivity index (χ2v) is 7.43. The van der Waals surface area contributed by atoms with Crippen LogP contribution in [-0.2, 0) is 19.6 Å². The summed E-state index contributed by atoms with van der Waals surface area (Å²) in [7, 11) is -3.82. The molecule has 0 aliphatic heterocycles. The highest BCUT2D eigenvalue weighted by molar-refractivity contribution is 7.89. The molecule has 2 rings (SSSR count). The number of Topliss-reactive ketones (excluding diaryl/α,β-unsaturated/α-hetero) is 1. The van der Waals surface area contributed by atoms with Gasteiger partial charge in [-0.1, -0.05) is 41.4 Å². The molecule has 2 aromatic carbocycles.